The van der Waals surface area contributed by atoms with Crippen LogP contribution in [-0.2, 0) is 0 Å². The van der Waals surface area contributed by atoms with E-state index in [2.05, 4.69) is 0 Å². The minimum Gasteiger partial charge on any atom is -0.393 e. The smallest absolute Gasteiger partial charge is 0.256 e. The molecule has 4 heteroatoms. The number of rotatable bonds is 2. The molecule has 0 aromatic rings. The molecule has 0 heterocycles. The Morgan fingerprint density at radius 3 is 2.54 bits per heavy atom. The predicted molar refractivity (Wildman–Crippen MR) is 43.4 cm³/mol. The number of halogens is 3. The molecule has 0 saturated heterocycles. The zero-order valence-corrected chi connectivity index (χ0v) is 7.64. The average Bonchev–Trinajstić information content (AvgIpc) is 2.01. The molecule has 1 aliphatic carbocycles. The van der Waals surface area contributed by atoms with Crippen LogP contribution in [0.25, 0.3) is 0 Å². The van der Waals surface area contributed by atoms with Crippen molar-refractivity contribution < 1.29 is 18.3 Å². The summed E-state index contributed by atoms with van der Waals surface area (Å²) in [5.41, 5.74) is 0. The van der Waals surface area contributed by atoms with Crippen LogP contribution in [-0.4, -0.2) is 23.8 Å². The van der Waals surface area contributed by atoms with Crippen LogP contribution >= 0.6 is 0 Å². The van der Waals surface area contributed by atoms with Crippen molar-refractivity contribution in [1.82, 2.24) is 0 Å². The molecule has 0 aliphatic heterocycles. The van der Waals surface area contributed by atoms with Crippen LogP contribution in [0.3, 0.4) is 0 Å². The van der Waals surface area contributed by atoms with Crippen molar-refractivity contribution in [3.63, 3.8) is 0 Å². The lowest BCUT2D eigenvalue weighted by atomic mass is 9.74. The molecule has 0 aromatic carbocycles. The highest BCUT2D eigenvalue weighted by atomic mass is 19.3. The molecule has 0 spiro atoms. The second-order valence-electron chi connectivity index (χ2n) is 3.78. The number of aliphatic hydroxyl groups excluding tert-OH is 1. The van der Waals surface area contributed by atoms with Gasteiger partial charge in [-0.25, -0.2) is 8.78 Å². The maximum absolute atomic E-state index is 13.2. The summed E-state index contributed by atoms with van der Waals surface area (Å²) in [6.07, 6.45) is -0.747. The Kier molecular flexibility index (Phi) is 3.22. The van der Waals surface area contributed by atoms with Gasteiger partial charge in [-0.2, -0.15) is 0 Å². The topological polar surface area (TPSA) is 20.2 Å². The maximum atomic E-state index is 13.2. The third-order valence-corrected chi connectivity index (χ3v) is 2.88. The highest BCUT2D eigenvalue weighted by molar-refractivity contribution is 4.90. The van der Waals surface area contributed by atoms with Gasteiger partial charge in [-0.15, -0.1) is 0 Å². The Morgan fingerprint density at radius 2 is 2.08 bits per heavy atom. The second kappa shape index (κ2) is 3.86. The molecule has 0 bridgehead atoms. The van der Waals surface area contributed by atoms with Gasteiger partial charge in [0.15, 0.2) is 0 Å². The first-order chi connectivity index (χ1) is 6.01. The van der Waals surface area contributed by atoms with Crippen LogP contribution in [0.2, 0.25) is 0 Å². The van der Waals surface area contributed by atoms with Crippen molar-refractivity contribution in [1.29, 1.82) is 0 Å². The molecular formula is C9H15F3O. The van der Waals surface area contributed by atoms with Gasteiger partial charge in [0.2, 0.25) is 0 Å². The molecule has 3 atom stereocenters. The predicted octanol–water partition coefficient (Wildman–Crippen LogP) is 2.39. The highest BCUT2D eigenvalue weighted by Gasteiger charge is 2.49. The van der Waals surface area contributed by atoms with Crippen molar-refractivity contribution in [3.05, 3.63) is 0 Å². The fourth-order valence-electron chi connectivity index (χ4n) is 2.10. The van der Waals surface area contributed by atoms with Crippen LogP contribution < -0.4 is 0 Å². The van der Waals surface area contributed by atoms with E-state index in [1.807, 2.05) is 0 Å². The summed E-state index contributed by atoms with van der Waals surface area (Å²) in [5.74, 6) is -4.61. The molecule has 1 saturated carbocycles. The molecule has 0 radical (unpaired) electrons. The van der Waals surface area contributed by atoms with Crippen molar-refractivity contribution in [3.8, 4) is 0 Å². The van der Waals surface area contributed by atoms with E-state index in [0.29, 0.717) is 12.8 Å². The second-order valence-corrected chi connectivity index (χ2v) is 3.78. The van der Waals surface area contributed by atoms with Gasteiger partial charge in [0.1, 0.15) is 0 Å². The Labute approximate surface area is 75.9 Å². The molecule has 78 valence electrons. The minimum atomic E-state index is -3.03. The summed E-state index contributed by atoms with van der Waals surface area (Å²) < 4.78 is 38.7. The van der Waals surface area contributed by atoms with Gasteiger partial charge >= 0.3 is 0 Å². The quantitative estimate of drug-likeness (QED) is 0.719. The first-order valence-electron chi connectivity index (χ1n) is 4.63. The van der Waals surface area contributed by atoms with Crippen molar-refractivity contribution in [2.75, 3.05) is 6.67 Å². The van der Waals surface area contributed by atoms with Crippen LogP contribution in [0.15, 0.2) is 0 Å². The Balaban J connectivity index is 2.74. The Hall–Kier alpha value is -0.250. The van der Waals surface area contributed by atoms with Gasteiger partial charge in [0.05, 0.1) is 18.7 Å². The van der Waals surface area contributed by atoms with E-state index in [0.717, 1.165) is 0 Å². The number of hydrogen-bond donors (Lipinski definition) is 1. The SMILES string of the molecule is CCC1CC(O)CC(F)(F)C1CF. The van der Waals surface area contributed by atoms with E-state index in [1.165, 1.54) is 0 Å². The van der Waals surface area contributed by atoms with Crippen LogP contribution in [0.1, 0.15) is 26.2 Å². The van der Waals surface area contributed by atoms with E-state index in [9.17, 15) is 13.2 Å². The summed E-state index contributed by atoms with van der Waals surface area (Å²) in [6, 6.07) is 0. The third-order valence-electron chi connectivity index (χ3n) is 2.88. The van der Waals surface area contributed by atoms with E-state index in [-0.39, 0.29) is 5.92 Å². The maximum Gasteiger partial charge on any atom is 0.256 e. The molecular weight excluding hydrogens is 181 g/mol. The van der Waals surface area contributed by atoms with E-state index in [1.54, 1.807) is 6.92 Å². The summed E-state index contributed by atoms with van der Waals surface area (Å²) in [4.78, 5) is 0. The normalized spacial score (nSPS) is 39.0. The van der Waals surface area contributed by atoms with Crippen molar-refractivity contribution in [2.45, 2.75) is 38.2 Å². The Morgan fingerprint density at radius 1 is 1.46 bits per heavy atom. The standard InChI is InChI=1S/C9H15F3O/c1-2-6-3-7(13)4-9(11,12)8(6)5-10/h6-8,13H,2-5H2,1H3. The monoisotopic (exact) mass is 196 g/mol. The van der Waals surface area contributed by atoms with E-state index >= 15 is 0 Å². The molecule has 1 aliphatic rings. The van der Waals surface area contributed by atoms with Crippen LogP contribution in [0.4, 0.5) is 13.2 Å². The molecule has 0 aromatic heterocycles. The molecule has 0 amide bonds. The fourth-order valence-corrected chi connectivity index (χ4v) is 2.10. The minimum absolute atomic E-state index is 0.306. The zero-order valence-electron chi connectivity index (χ0n) is 7.64. The van der Waals surface area contributed by atoms with Crippen LogP contribution in [0, 0.1) is 11.8 Å². The number of alkyl halides is 3. The number of hydrogen-bond acceptors (Lipinski definition) is 1. The zero-order chi connectivity index (χ0) is 10.1. The summed E-state index contributed by atoms with van der Waals surface area (Å²) in [5, 5.41) is 9.16. The molecule has 1 N–H and O–H groups in total. The lowest BCUT2D eigenvalue weighted by Gasteiger charge is -2.38. The summed E-state index contributed by atoms with van der Waals surface area (Å²) >= 11 is 0. The van der Waals surface area contributed by atoms with Crippen molar-refractivity contribution in [2.24, 2.45) is 11.8 Å². The summed E-state index contributed by atoms with van der Waals surface area (Å²) in [7, 11) is 0. The fraction of sp³-hybridized carbons (Fsp3) is 1.00. The van der Waals surface area contributed by atoms with Gasteiger partial charge < -0.3 is 5.11 Å². The lowest BCUT2D eigenvalue weighted by Crippen LogP contribution is -2.44. The van der Waals surface area contributed by atoms with Gasteiger partial charge in [0.25, 0.3) is 5.92 Å². The molecule has 3 unspecified atom stereocenters. The van der Waals surface area contributed by atoms with E-state index < -0.39 is 31.0 Å². The summed E-state index contributed by atoms with van der Waals surface area (Å²) in [6.45, 7) is 0.764. The average molecular weight is 196 g/mol. The van der Waals surface area contributed by atoms with Gasteiger partial charge in [0, 0.05) is 6.42 Å². The lowest BCUT2D eigenvalue weighted by molar-refractivity contribution is -0.149. The largest absolute Gasteiger partial charge is 0.393 e. The van der Waals surface area contributed by atoms with Crippen molar-refractivity contribution >= 4 is 0 Å². The Bertz CT molecular complexity index is 172. The first kappa shape index (κ1) is 10.8. The molecule has 13 heavy (non-hydrogen) atoms. The molecule has 1 nitrogen and oxygen atoms in total. The van der Waals surface area contributed by atoms with Gasteiger partial charge in [-0.05, 0) is 12.3 Å². The van der Waals surface area contributed by atoms with Crippen LogP contribution in [0.5, 0.6) is 0 Å². The molecule has 1 rings (SSSR count). The third kappa shape index (κ3) is 2.16. The van der Waals surface area contributed by atoms with E-state index in [4.69, 9.17) is 5.11 Å². The van der Waals surface area contributed by atoms with Gasteiger partial charge in [-0.3, -0.25) is 4.39 Å². The first-order valence-corrected chi connectivity index (χ1v) is 4.63. The van der Waals surface area contributed by atoms with Gasteiger partial charge in [-0.1, -0.05) is 13.3 Å². The highest BCUT2D eigenvalue weighted by Crippen LogP contribution is 2.43. The number of aliphatic hydroxyl groups is 1. The molecule has 1 fully saturated rings.